The summed E-state index contributed by atoms with van der Waals surface area (Å²) < 4.78 is 14.9. The molecule has 0 atom stereocenters. The van der Waals surface area contributed by atoms with E-state index in [2.05, 4.69) is 11.2 Å². The molecule has 1 amide bonds. The first-order valence-electron chi connectivity index (χ1n) is 5.78. The van der Waals surface area contributed by atoms with E-state index in [1.54, 1.807) is 31.4 Å². The van der Waals surface area contributed by atoms with Crippen molar-refractivity contribution in [3.05, 3.63) is 24.3 Å². The monoisotopic (exact) mass is 277 g/mol. The summed E-state index contributed by atoms with van der Waals surface area (Å²) >= 11 is 0. The molecule has 6 heteroatoms. The van der Waals surface area contributed by atoms with Gasteiger partial charge in [0.15, 0.2) is 13.2 Å². The highest BCUT2D eigenvalue weighted by Crippen LogP contribution is 2.16. The summed E-state index contributed by atoms with van der Waals surface area (Å²) in [6, 6.07) is 6.72. The van der Waals surface area contributed by atoms with E-state index in [0.29, 0.717) is 11.5 Å². The molecule has 0 spiro atoms. The first kappa shape index (κ1) is 15.4. The van der Waals surface area contributed by atoms with Gasteiger partial charge in [-0.05, 0) is 24.3 Å². The van der Waals surface area contributed by atoms with Gasteiger partial charge in [0.25, 0.3) is 5.91 Å². The Hall–Kier alpha value is -2.68. The maximum absolute atomic E-state index is 11.3. The van der Waals surface area contributed by atoms with Crippen molar-refractivity contribution >= 4 is 11.9 Å². The molecule has 1 N–H and O–H groups in total. The van der Waals surface area contributed by atoms with Gasteiger partial charge in [0.05, 0.1) is 13.7 Å². The Balaban J connectivity index is 2.25. The SMILES string of the molecule is C#CCNC(=O)COC(=O)COc1ccc(OC)cc1. The molecule has 0 unspecified atom stereocenters. The fraction of sp³-hybridized carbons (Fsp3) is 0.286. The van der Waals surface area contributed by atoms with Gasteiger partial charge in [-0.15, -0.1) is 6.42 Å². The molecule has 1 rings (SSSR count). The van der Waals surface area contributed by atoms with E-state index in [1.165, 1.54) is 0 Å². The van der Waals surface area contributed by atoms with Crippen LogP contribution in [0.2, 0.25) is 0 Å². The van der Waals surface area contributed by atoms with E-state index in [1.807, 2.05) is 0 Å². The number of benzene rings is 1. The standard InChI is InChI=1S/C14H15NO5/c1-3-8-15-13(16)9-20-14(17)10-19-12-6-4-11(18-2)5-7-12/h1,4-7H,8-10H2,2H3,(H,15,16). The molecule has 0 aliphatic carbocycles. The predicted octanol–water partition coefficient (Wildman–Crippen LogP) is 0.367. The number of hydrogen-bond donors (Lipinski definition) is 1. The molecule has 1 aromatic rings. The smallest absolute Gasteiger partial charge is 0.344 e. The fourth-order valence-corrected chi connectivity index (χ4v) is 1.20. The van der Waals surface area contributed by atoms with Crippen molar-refractivity contribution in [1.29, 1.82) is 0 Å². The van der Waals surface area contributed by atoms with Gasteiger partial charge in [0.2, 0.25) is 0 Å². The number of carbonyl (C=O) groups is 2. The van der Waals surface area contributed by atoms with Crippen molar-refractivity contribution in [2.45, 2.75) is 0 Å². The van der Waals surface area contributed by atoms with E-state index in [4.69, 9.17) is 20.6 Å². The molecule has 1 aromatic carbocycles. The van der Waals surface area contributed by atoms with Crippen LogP contribution in [-0.4, -0.2) is 38.7 Å². The number of terminal acetylenes is 1. The van der Waals surface area contributed by atoms with Crippen LogP contribution in [0.15, 0.2) is 24.3 Å². The van der Waals surface area contributed by atoms with Gasteiger partial charge in [-0.3, -0.25) is 4.79 Å². The quantitative estimate of drug-likeness (QED) is 0.575. The maximum atomic E-state index is 11.3. The zero-order chi connectivity index (χ0) is 14.8. The summed E-state index contributed by atoms with van der Waals surface area (Å²) in [6.07, 6.45) is 4.96. The highest BCUT2D eigenvalue weighted by molar-refractivity contribution is 5.81. The molecule has 0 aromatic heterocycles. The van der Waals surface area contributed by atoms with Gasteiger partial charge in [0.1, 0.15) is 11.5 Å². The molecule has 0 bridgehead atoms. The average Bonchev–Trinajstić information content (AvgIpc) is 2.49. The van der Waals surface area contributed by atoms with Crippen molar-refractivity contribution in [2.75, 3.05) is 26.9 Å². The minimum absolute atomic E-state index is 0.0960. The largest absolute Gasteiger partial charge is 0.497 e. The van der Waals surface area contributed by atoms with E-state index >= 15 is 0 Å². The summed E-state index contributed by atoms with van der Waals surface area (Å²) in [5.41, 5.74) is 0. The molecular weight excluding hydrogens is 262 g/mol. The van der Waals surface area contributed by atoms with E-state index in [9.17, 15) is 9.59 Å². The van der Waals surface area contributed by atoms with Crippen LogP contribution in [0, 0.1) is 12.3 Å². The molecule has 0 saturated carbocycles. The van der Waals surface area contributed by atoms with Crippen molar-refractivity contribution in [1.82, 2.24) is 5.32 Å². The number of esters is 1. The lowest BCUT2D eigenvalue weighted by atomic mass is 10.3. The number of carbonyl (C=O) groups excluding carboxylic acids is 2. The molecule has 20 heavy (non-hydrogen) atoms. The van der Waals surface area contributed by atoms with Gasteiger partial charge in [0, 0.05) is 0 Å². The van der Waals surface area contributed by atoms with E-state index < -0.39 is 11.9 Å². The van der Waals surface area contributed by atoms with Crippen LogP contribution >= 0.6 is 0 Å². The first-order valence-corrected chi connectivity index (χ1v) is 5.78. The lowest BCUT2D eigenvalue weighted by Crippen LogP contribution is -2.30. The Morgan fingerprint density at radius 1 is 1.20 bits per heavy atom. The van der Waals surface area contributed by atoms with Crippen molar-refractivity contribution in [2.24, 2.45) is 0 Å². The average molecular weight is 277 g/mol. The zero-order valence-corrected chi connectivity index (χ0v) is 11.0. The van der Waals surface area contributed by atoms with Crippen molar-refractivity contribution in [3.63, 3.8) is 0 Å². The summed E-state index contributed by atoms with van der Waals surface area (Å²) in [6.45, 7) is -0.569. The predicted molar refractivity (Wildman–Crippen MR) is 71.3 cm³/mol. The van der Waals surface area contributed by atoms with Crippen LogP contribution in [0.25, 0.3) is 0 Å². The summed E-state index contributed by atoms with van der Waals surface area (Å²) in [5, 5.41) is 2.37. The van der Waals surface area contributed by atoms with Crippen LogP contribution in [0.1, 0.15) is 0 Å². The molecule has 0 saturated heterocycles. The molecular formula is C14H15NO5. The van der Waals surface area contributed by atoms with Crippen LogP contribution in [-0.2, 0) is 14.3 Å². The lowest BCUT2D eigenvalue weighted by Gasteiger charge is -2.07. The Morgan fingerprint density at radius 2 is 1.85 bits per heavy atom. The summed E-state index contributed by atoms with van der Waals surface area (Å²) in [4.78, 5) is 22.4. The number of rotatable bonds is 7. The van der Waals surface area contributed by atoms with Gasteiger partial charge in [-0.2, -0.15) is 0 Å². The second-order valence-electron chi connectivity index (χ2n) is 3.61. The Bertz CT molecular complexity index is 489. The molecule has 0 aliphatic rings. The number of hydrogen-bond acceptors (Lipinski definition) is 5. The highest BCUT2D eigenvalue weighted by Gasteiger charge is 2.07. The maximum Gasteiger partial charge on any atom is 0.344 e. The molecule has 106 valence electrons. The molecule has 0 heterocycles. The van der Waals surface area contributed by atoms with Gasteiger partial charge in [-0.25, -0.2) is 4.79 Å². The number of ether oxygens (including phenoxy) is 3. The van der Waals surface area contributed by atoms with Gasteiger partial charge < -0.3 is 19.5 Å². The normalized spacial score (nSPS) is 9.20. The Labute approximate surface area is 117 Å². The number of amides is 1. The second-order valence-corrected chi connectivity index (χ2v) is 3.61. The molecule has 0 fully saturated rings. The molecule has 0 radical (unpaired) electrons. The van der Waals surface area contributed by atoms with Crippen molar-refractivity contribution < 1.29 is 23.8 Å². The van der Waals surface area contributed by atoms with E-state index in [-0.39, 0.29) is 19.8 Å². The summed E-state index contributed by atoms with van der Waals surface area (Å²) in [5.74, 6) is 2.32. The first-order chi connectivity index (χ1) is 9.65. The molecule has 6 nitrogen and oxygen atoms in total. The number of nitrogens with one attached hydrogen (secondary N) is 1. The van der Waals surface area contributed by atoms with Crippen LogP contribution in [0.4, 0.5) is 0 Å². The fourth-order valence-electron chi connectivity index (χ4n) is 1.20. The minimum atomic E-state index is -0.642. The zero-order valence-electron chi connectivity index (χ0n) is 11.0. The van der Waals surface area contributed by atoms with E-state index in [0.717, 1.165) is 0 Å². The van der Waals surface area contributed by atoms with Gasteiger partial charge in [-0.1, -0.05) is 5.92 Å². The van der Waals surface area contributed by atoms with Gasteiger partial charge >= 0.3 is 5.97 Å². The second kappa shape index (κ2) is 8.43. The van der Waals surface area contributed by atoms with Crippen molar-refractivity contribution in [3.8, 4) is 23.8 Å². The minimum Gasteiger partial charge on any atom is -0.497 e. The third-order valence-electron chi connectivity index (χ3n) is 2.17. The Morgan fingerprint density at radius 3 is 2.45 bits per heavy atom. The molecule has 0 aliphatic heterocycles. The highest BCUT2D eigenvalue weighted by atomic mass is 16.6. The topological polar surface area (TPSA) is 73.9 Å². The third kappa shape index (κ3) is 5.78. The van der Waals surface area contributed by atoms with Crippen LogP contribution < -0.4 is 14.8 Å². The lowest BCUT2D eigenvalue weighted by molar-refractivity contribution is -0.150. The summed E-state index contributed by atoms with van der Waals surface area (Å²) in [7, 11) is 1.55. The van der Waals surface area contributed by atoms with Crippen LogP contribution in [0.5, 0.6) is 11.5 Å². The Kier molecular flexibility index (Phi) is 6.48. The number of methoxy groups -OCH3 is 1. The van der Waals surface area contributed by atoms with Crippen LogP contribution in [0.3, 0.4) is 0 Å². The third-order valence-corrected chi connectivity index (χ3v) is 2.17.